The van der Waals surface area contributed by atoms with Gasteiger partial charge in [0.1, 0.15) is 0 Å². The number of fused-ring (bicyclic) bond motifs is 1. The Morgan fingerprint density at radius 3 is 2.19 bits per heavy atom. The smallest absolute Gasteiger partial charge is 0.347 e. The number of hydrogen-bond acceptors (Lipinski definition) is 4. The van der Waals surface area contributed by atoms with Gasteiger partial charge >= 0.3 is 12.4 Å². The molecule has 1 saturated carbocycles. The molecule has 1 heterocycles. The Hall–Kier alpha value is -3.16. The average molecular weight is 537 g/mol. The molecule has 0 unspecified atom stereocenters. The number of benzene rings is 2. The summed E-state index contributed by atoms with van der Waals surface area (Å²) in [5, 5.41) is -0.294. The molecule has 1 fully saturated rings. The van der Waals surface area contributed by atoms with Crippen LogP contribution < -0.4 is 5.32 Å². The zero-order chi connectivity index (χ0) is 26.5. The highest BCUT2D eigenvalue weighted by atomic mass is 32.2. The summed E-state index contributed by atoms with van der Waals surface area (Å²) in [6.07, 6.45) is -10.8. The fraction of sp³-hybridized carbons (Fsp3) is 0.364. The van der Waals surface area contributed by atoms with Gasteiger partial charge in [-0.1, -0.05) is 6.07 Å². The van der Waals surface area contributed by atoms with Gasteiger partial charge in [0.25, 0.3) is 5.91 Å². The topological polar surface area (TPSA) is 91.9 Å². The summed E-state index contributed by atoms with van der Waals surface area (Å²) in [4.78, 5) is 18.2. The fourth-order valence-electron chi connectivity index (χ4n) is 4.06. The predicted octanol–water partition coefficient (Wildman–Crippen LogP) is 5.41. The van der Waals surface area contributed by atoms with E-state index in [9.17, 15) is 39.6 Å². The number of rotatable bonds is 4. The van der Waals surface area contributed by atoms with Gasteiger partial charge in [-0.2, -0.15) is 26.3 Å². The number of hydrogen-bond donors (Lipinski definition) is 2. The second-order valence-corrected chi connectivity index (χ2v) is 10.7. The number of alkyl halides is 7. The van der Waals surface area contributed by atoms with Crippen LogP contribution in [0.3, 0.4) is 0 Å². The van der Waals surface area contributed by atoms with Gasteiger partial charge in [0.15, 0.2) is 5.82 Å². The van der Waals surface area contributed by atoms with Gasteiger partial charge in [0.05, 0.1) is 27.1 Å². The van der Waals surface area contributed by atoms with E-state index in [2.05, 4.69) is 15.3 Å². The van der Waals surface area contributed by atoms with Crippen molar-refractivity contribution in [1.82, 2.24) is 15.3 Å². The minimum atomic E-state index is -4.80. The lowest BCUT2D eigenvalue weighted by molar-refractivity contribution is -0.138. The Kier molecular flexibility index (Phi) is 6.30. The summed E-state index contributed by atoms with van der Waals surface area (Å²) in [5.41, 5.74) is -2.07. The van der Waals surface area contributed by atoms with Crippen LogP contribution in [-0.2, 0) is 22.2 Å². The fourth-order valence-corrected chi connectivity index (χ4v) is 5.79. The molecule has 1 aliphatic rings. The van der Waals surface area contributed by atoms with Crippen LogP contribution in [0.5, 0.6) is 0 Å². The van der Waals surface area contributed by atoms with Crippen LogP contribution in [0.15, 0.2) is 47.4 Å². The van der Waals surface area contributed by atoms with E-state index in [1.54, 1.807) is 0 Å². The second-order valence-electron chi connectivity index (χ2n) is 8.47. The molecule has 194 valence electrons. The van der Waals surface area contributed by atoms with Gasteiger partial charge < -0.3 is 10.3 Å². The SMILES string of the molecule is O=C(NC1CCC(F)(S(=O)(=O)c2cccc(C(F)(F)F)c2)CC1)c1nc2cc(C(F)(F)F)ccc2[nH]1. The maximum atomic E-state index is 15.5. The van der Waals surface area contributed by atoms with Crippen molar-refractivity contribution in [3.63, 3.8) is 0 Å². The van der Waals surface area contributed by atoms with Crippen LogP contribution in [0.2, 0.25) is 0 Å². The molecule has 1 aromatic heterocycles. The minimum Gasteiger partial charge on any atom is -0.347 e. The summed E-state index contributed by atoms with van der Waals surface area (Å²) >= 11 is 0. The van der Waals surface area contributed by atoms with E-state index < -0.39 is 68.0 Å². The Morgan fingerprint density at radius 2 is 1.58 bits per heavy atom. The number of aromatic amines is 1. The summed E-state index contributed by atoms with van der Waals surface area (Å²) in [5.74, 6) is -1.06. The molecule has 1 amide bonds. The first-order valence-corrected chi connectivity index (χ1v) is 12.1. The van der Waals surface area contributed by atoms with E-state index in [0.717, 1.165) is 30.3 Å². The number of carbonyl (C=O) groups excluding carboxylic acids is 1. The molecule has 0 bridgehead atoms. The van der Waals surface area contributed by atoms with Crippen molar-refractivity contribution in [2.45, 2.75) is 54.0 Å². The second kappa shape index (κ2) is 8.75. The molecule has 6 nitrogen and oxygen atoms in total. The zero-order valence-corrected chi connectivity index (χ0v) is 19.0. The summed E-state index contributed by atoms with van der Waals surface area (Å²) in [6.45, 7) is 0. The first-order valence-electron chi connectivity index (χ1n) is 10.6. The van der Waals surface area contributed by atoms with Gasteiger partial charge in [-0.25, -0.2) is 17.8 Å². The van der Waals surface area contributed by atoms with Crippen molar-refractivity contribution in [2.24, 2.45) is 0 Å². The molecule has 4 rings (SSSR count). The highest BCUT2D eigenvalue weighted by molar-refractivity contribution is 7.92. The lowest BCUT2D eigenvalue weighted by Gasteiger charge is -2.33. The first-order chi connectivity index (χ1) is 16.6. The highest BCUT2D eigenvalue weighted by Crippen LogP contribution is 2.41. The lowest BCUT2D eigenvalue weighted by Crippen LogP contribution is -2.45. The Morgan fingerprint density at radius 1 is 0.972 bits per heavy atom. The van der Waals surface area contributed by atoms with Gasteiger partial charge in [-0.3, -0.25) is 4.79 Å². The molecule has 0 radical (unpaired) electrons. The Bertz CT molecular complexity index is 1410. The average Bonchev–Trinajstić information content (AvgIpc) is 3.23. The third-order valence-corrected chi connectivity index (χ3v) is 8.29. The molecule has 0 atom stereocenters. The molecule has 2 N–H and O–H groups in total. The van der Waals surface area contributed by atoms with E-state index in [4.69, 9.17) is 0 Å². The van der Waals surface area contributed by atoms with Gasteiger partial charge in [0.2, 0.25) is 14.8 Å². The molecular weight excluding hydrogens is 519 g/mol. The number of aromatic nitrogens is 2. The third kappa shape index (κ3) is 4.90. The lowest BCUT2D eigenvalue weighted by atomic mass is 9.93. The molecule has 0 aliphatic heterocycles. The van der Waals surface area contributed by atoms with Crippen LogP contribution in [0, 0.1) is 0 Å². The van der Waals surface area contributed by atoms with Crippen LogP contribution >= 0.6 is 0 Å². The normalized spacial score (nSPS) is 21.5. The number of H-pyrrole nitrogens is 1. The van der Waals surface area contributed by atoms with Crippen molar-refractivity contribution >= 4 is 26.8 Å². The standard InChI is InChI=1S/C22H18F7N3O3S/c23-20(36(34,35)15-3-1-2-12(10-15)21(24,25)26)8-6-14(7-9-20)30-19(33)18-31-16-5-4-13(22(27,28)29)11-17(16)32-18/h1-5,10-11,14H,6-9H2,(H,30,33)(H,31,32). The van der Waals surface area contributed by atoms with E-state index in [0.29, 0.717) is 12.1 Å². The molecule has 36 heavy (non-hydrogen) atoms. The van der Waals surface area contributed by atoms with Crippen molar-refractivity contribution in [3.8, 4) is 0 Å². The quantitative estimate of drug-likeness (QED) is 0.436. The molecule has 14 heteroatoms. The number of sulfone groups is 1. The number of halogens is 7. The van der Waals surface area contributed by atoms with Crippen LogP contribution in [0.4, 0.5) is 30.7 Å². The number of nitrogens with one attached hydrogen (secondary N) is 2. The van der Waals surface area contributed by atoms with Gasteiger partial charge in [-0.15, -0.1) is 0 Å². The van der Waals surface area contributed by atoms with Crippen LogP contribution in [0.25, 0.3) is 11.0 Å². The highest BCUT2D eigenvalue weighted by Gasteiger charge is 2.48. The van der Waals surface area contributed by atoms with Gasteiger partial charge in [-0.05, 0) is 62.1 Å². The summed E-state index contributed by atoms with van der Waals surface area (Å²) in [7, 11) is -4.77. The van der Waals surface area contributed by atoms with E-state index in [1.165, 1.54) is 0 Å². The zero-order valence-electron chi connectivity index (χ0n) is 18.2. The van der Waals surface area contributed by atoms with E-state index in [1.807, 2.05) is 0 Å². The minimum absolute atomic E-state index is 0.0893. The largest absolute Gasteiger partial charge is 0.416 e. The van der Waals surface area contributed by atoms with E-state index in [-0.39, 0.29) is 29.7 Å². The van der Waals surface area contributed by atoms with Crippen LogP contribution in [-0.4, -0.2) is 35.3 Å². The van der Waals surface area contributed by atoms with Crippen molar-refractivity contribution in [1.29, 1.82) is 0 Å². The third-order valence-electron chi connectivity index (χ3n) is 6.05. The number of amides is 1. The van der Waals surface area contributed by atoms with Crippen molar-refractivity contribution < 1.29 is 43.9 Å². The number of imidazole rings is 1. The van der Waals surface area contributed by atoms with Crippen molar-refractivity contribution in [2.75, 3.05) is 0 Å². The maximum absolute atomic E-state index is 15.5. The van der Waals surface area contributed by atoms with Crippen LogP contribution in [0.1, 0.15) is 47.4 Å². The summed E-state index contributed by atoms with van der Waals surface area (Å²) < 4.78 is 119. The first kappa shape index (κ1) is 25.9. The van der Waals surface area contributed by atoms with Gasteiger partial charge in [0, 0.05) is 6.04 Å². The molecule has 0 spiro atoms. The molecule has 2 aromatic carbocycles. The Balaban J connectivity index is 1.45. The molecular formula is C22H18F7N3O3S. The number of carbonyl (C=O) groups is 1. The molecule has 0 saturated heterocycles. The van der Waals surface area contributed by atoms with E-state index >= 15 is 4.39 Å². The maximum Gasteiger partial charge on any atom is 0.416 e. The monoisotopic (exact) mass is 537 g/mol. The molecule has 1 aliphatic carbocycles. The molecule has 3 aromatic rings. The van der Waals surface area contributed by atoms with Crippen molar-refractivity contribution in [3.05, 3.63) is 59.4 Å². The summed E-state index contributed by atoms with van der Waals surface area (Å²) in [6, 6.07) is 4.89. The Labute approximate surface area is 199 Å². The predicted molar refractivity (Wildman–Crippen MR) is 113 cm³/mol. The number of nitrogens with zero attached hydrogens (tertiary/aromatic N) is 1.